The van der Waals surface area contributed by atoms with Crippen LogP contribution in [0, 0.1) is 29.1 Å². The molecule has 1 aromatic rings. The van der Waals surface area contributed by atoms with Crippen molar-refractivity contribution in [2.75, 3.05) is 18.6 Å². The minimum atomic E-state index is -0.408. The first-order valence-corrected chi connectivity index (χ1v) is 13.6. The van der Waals surface area contributed by atoms with Gasteiger partial charge in [-0.05, 0) is 77.7 Å². The van der Waals surface area contributed by atoms with Crippen LogP contribution in [-0.4, -0.2) is 37.7 Å². The molecule has 2 fully saturated rings. The first-order valence-electron chi connectivity index (χ1n) is 12.8. The molecule has 1 heterocycles. The van der Waals surface area contributed by atoms with Crippen LogP contribution in [0.5, 0.6) is 0 Å². The molecule has 0 radical (unpaired) electrons. The van der Waals surface area contributed by atoms with E-state index < -0.39 is 5.97 Å². The van der Waals surface area contributed by atoms with Crippen LogP contribution in [-0.2, 0) is 14.3 Å². The first kappa shape index (κ1) is 26.8. The van der Waals surface area contributed by atoms with Crippen molar-refractivity contribution in [3.63, 3.8) is 0 Å². The molecule has 1 amide bonds. The molecule has 2 saturated carbocycles. The molecule has 2 aliphatic rings. The van der Waals surface area contributed by atoms with Crippen LogP contribution in [0.3, 0.4) is 0 Å². The second-order valence-electron chi connectivity index (χ2n) is 11.0. The number of anilines is 1. The maximum absolute atomic E-state index is 13.9. The number of carbonyl (C=O) groups excluding carboxylic acids is 2. The Morgan fingerprint density at radius 1 is 1.18 bits per heavy atom. The van der Waals surface area contributed by atoms with Crippen LogP contribution >= 0.6 is 11.3 Å². The highest BCUT2D eigenvalue weighted by Crippen LogP contribution is 2.40. The molecule has 3 rings (SSSR count). The summed E-state index contributed by atoms with van der Waals surface area (Å²) in [5.41, 5.74) is 0.511. The Balaban J connectivity index is 1.91. The summed E-state index contributed by atoms with van der Waals surface area (Å²) >= 11 is 1.32. The van der Waals surface area contributed by atoms with Crippen molar-refractivity contribution >= 4 is 28.9 Å². The largest absolute Gasteiger partial charge is 0.465 e. The molecule has 0 saturated heterocycles. The van der Waals surface area contributed by atoms with E-state index >= 15 is 0 Å². The third kappa shape index (κ3) is 6.86. The smallest absolute Gasteiger partial charge is 0.350 e. The fourth-order valence-corrected chi connectivity index (χ4v) is 5.51. The molecule has 0 atom stereocenters. The van der Waals surface area contributed by atoms with E-state index in [1.807, 2.05) is 11.0 Å². The summed E-state index contributed by atoms with van der Waals surface area (Å²) in [5, 5.41) is 0. The van der Waals surface area contributed by atoms with Gasteiger partial charge in [0.25, 0.3) is 0 Å². The second-order valence-corrected chi connectivity index (χ2v) is 12.0. The van der Waals surface area contributed by atoms with Crippen molar-refractivity contribution in [2.45, 2.75) is 98.1 Å². The van der Waals surface area contributed by atoms with Gasteiger partial charge < -0.3 is 14.4 Å². The standard InChI is InChI=1S/C28H41NO4S/c1-7-8-15-33-22-16-21(17-22)29(26(30)20-11-9-19(2)10-12-20)24-18-23(13-14-28(3,4)5)34-25(24)27(31)32-6/h18-22H,7-12,15-17H2,1-6H3. The molecule has 6 heteroatoms. The third-order valence-electron chi connectivity index (χ3n) is 6.79. The highest BCUT2D eigenvalue weighted by atomic mass is 32.1. The Morgan fingerprint density at radius 2 is 1.85 bits per heavy atom. The Hall–Kier alpha value is -1.84. The zero-order chi connectivity index (χ0) is 24.9. The lowest BCUT2D eigenvalue weighted by Gasteiger charge is -2.44. The lowest BCUT2D eigenvalue weighted by Crippen LogP contribution is -2.53. The number of carbonyl (C=O) groups is 2. The van der Waals surface area contributed by atoms with Gasteiger partial charge in [-0.15, -0.1) is 11.3 Å². The maximum Gasteiger partial charge on any atom is 0.350 e. The van der Waals surface area contributed by atoms with Crippen LogP contribution in [0.25, 0.3) is 0 Å². The van der Waals surface area contributed by atoms with E-state index in [0.717, 1.165) is 62.9 Å². The van der Waals surface area contributed by atoms with Crippen molar-refractivity contribution in [2.24, 2.45) is 17.3 Å². The van der Waals surface area contributed by atoms with E-state index in [1.165, 1.54) is 18.4 Å². The van der Waals surface area contributed by atoms with Gasteiger partial charge in [0, 0.05) is 24.0 Å². The number of unbranched alkanes of at least 4 members (excludes halogenated alkanes) is 1. The number of hydrogen-bond acceptors (Lipinski definition) is 5. The fraction of sp³-hybridized carbons (Fsp3) is 0.714. The molecule has 34 heavy (non-hydrogen) atoms. The molecule has 0 N–H and O–H groups in total. The monoisotopic (exact) mass is 487 g/mol. The van der Waals surface area contributed by atoms with E-state index in [9.17, 15) is 9.59 Å². The van der Waals surface area contributed by atoms with Crippen molar-refractivity contribution in [3.8, 4) is 11.8 Å². The van der Waals surface area contributed by atoms with Crippen LogP contribution in [0.2, 0.25) is 0 Å². The number of nitrogens with zero attached hydrogens (tertiary/aromatic N) is 1. The summed E-state index contributed by atoms with van der Waals surface area (Å²) in [6, 6.07) is 1.96. The third-order valence-corrected chi connectivity index (χ3v) is 7.81. The zero-order valence-corrected chi connectivity index (χ0v) is 22.6. The summed E-state index contributed by atoms with van der Waals surface area (Å²) < 4.78 is 11.1. The van der Waals surface area contributed by atoms with Gasteiger partial charge >= 0.3 is 5.97 Å². The van der Waals surface area contributed by atoms with Crippen LogP contribution in [0.15, 0.2) is 6.07 Å². The van der Waals surface area contributed by atoms with Crippen LogP contribution in [0.1, 0.15) is 101 Å². The van der Waals surface area contributed by atoms with Crippen molar-refractivity contribution in [3.05, 3.63) is 15.8 Å². The normalized spacial score (nSPS) is 24.5. The number of methoxy groups -OCH3 is 1. The molecule has 188 valence electrons. The molecule has 0 bridgehead atoms. The molecule has 0 spiro atoms. The average Bonchev–Trinajstić information content (AvgIpc) is 3.19. The Labute approximate surface area is 209 Å². The number of amides is 1. The Kier molecular flexibility index (Phi) is 9.23. The maximum atomic E-state index is 13.9. The molecule has 0 aliphatic heterocycles. The van der Waals surface area contributed by atoms with Gasteiger partial charge in [-0.2, -0.15) is 0 Å². The van der Waals surface area contributed by atoms with Gasteiger partial charge in [0.1, 0.15) is 4.88 Å². The number of hydrogen-bond donors (Lipinski definition) is 0. The van der Waals surface area contributed by atoms with Gasteiger partial charge in [-0.1, -0.05) is 32.1 Å². The second kappa shape index (κ2) is 11.7. The van der Waals surface area contributed by atoms with Crippen LogP contribution < -0.4 is 4.90 Å². The fourth-order valence-electron chi connectivity index (χ4n) is 4.59. The highest BCUT2D eigenvalue weighted by molar-refractivity contribution is 7.15. The quantitative estimate of drug-likeness (QED) is 0.241. The van der Waals surface area contributed by atoms with Gasteiger partial charge in [0.05, 0.1) is 23.8 Å². The van der Waals surface area contributed by atoms with E-state index in [0.29, 0.717) is 16.5 Å². The van der Waals surface area contributed by atoms with Gasteiger partial charge in [-0.25, -0.2) is 4.79 Å². The topological polar surface area (TPSA) is 55.8 Å². The minimum absolute atomic E-state index is 0.00534. The van der Waals surface area contributed by atoms with Crippen molar-refractivity contribution in [1.82, 2.24) is 0 Å². The van der Waals surface area contributed by atoms with E-state index in [1.54, 1.807) is 0 Å². The number of thiophene rings is 1. The summed E-state index contributed by atoms with van der Waals surface area (Å²) in [6.07, 6.45) is 7.92. The summed E-state index contributed by atoms with van der Waals surface area (Å²) in [7, 11) is 1.39. The number of ether oxygens (including phenoxy) is 2. The Bertz CT molecular complexity index is 905. The molecule has 0 unspecified atom stereocenters. The average molecular weight is 488 g/mol. The predicted octanol–water partition coefficient (Wildman–Crippen LogP) is 6.44. The van der Waals surface area contributed by atoms with E-state index in [4.69, 9.17) is 9.47 Å². The molecule has 0 aromatic carbocycles. The number of rotatable bonds is 8. The first-order chi connectivity index (χ1) is 16.1. The molecule has 1 aromatic heterocycles. The van der Waals surface area contributed by atoms with E-state index in [2.05, 4.69) is 46.5 Å². The minimum Gasteiger partial charge on any atom is -0.465 e. The summed E-state index contributed by atoms with van der Waals surface area (Å²) in [6.45, 7) is 11.4. The lowest BCUT2D eigenvalue weighted by atomic mass is 9.80. The predicted molar refractivity (Wildman–Crippen MR) is 138 cm³/mol. The summed E-state index contributed by atoms with van der Waals surface area (Å²) in [5.74, 6) is 6.88. The lowest BCUT2D eigenvalue weighted by molar-refractivity contribution is -0.125. The summed E-state index contributed by atoms with van der Waals surface area (Å²) in [4.78, 5) is 29.8. The SMILES string of the molecule is CCCCOC1CC(N(C(=O)C2CCC(C)CC2)c2cc(C#CC(C)(C)C)sc2C(=O)OC)C1. The molecular formula is C28H41NO4S. The Morgan fingerprint density at radius 3 is 2.44 bits per heavy atom. The van der Waals surface area contributed by atoms with Gasteiger partial charge in [-0.3, -0.25) is 4.79 Å². The molecular weight excluding hydrogens is 446 g/mol. The van der Waals surface area contributed by atoms with Gasteiger partial charge in [0.2, 0.25) is 5.91 Å². The molecule has 2 aliphatic carbocycles. The van der Waals surface area contributed by atoms with Crippen molar-refractivity contribution in [1.29, 1.82) is 0 Å². The van der Waals surface area contributed by atoms with Gasteiger partial charge in [0.15, 0.2) is 0 Å². The molecule has 5 nitrogen and oxygen atoms in total. The van der Waals surface area contributed by atoms with Crippen molar-refractivity contribution < 1.29 is 19.1 Å². The zero-order valence-electron chi connectivity index (χ0n) is 21.7. The van der Waals surface area contributed by atoms with Crippen LogP contribution in [0.4, 0.5) is 5.69 Å². The number of esters is 1. The highest BCUT2D eigenvalue weighted by Gasteiger charge is 2.42. The van der Waals surface area contributed by atoms with E-state index in [-0.39, 0.29) is 29.4 Å².